The minimum atomic E-state index is -1.03. The standard InChI is InChI=1S/C21H19ClFN5O2S/c22-16-11-15(5-6-17(16)23)28(21(30)18-12-31-27-26-18)19(13-7-9-24-10-8-13)20(29)25-14-3-1-2-4-14/h5-12,14,19H,1-4H2,(H,25,29)/t19-/m1/s1. The maximum Gasteiger partial charge on any atom is 0.280 e. The Bertz CT molecular complexity index is 1060. The molecule has 2 amide bonds. The van der Waals surface area contributed by atoms with Gasteiger partial charge < -0.3 is 5.32 Å². The van der Waals surface area contributed by atoms with Crippen molar-refractivity contribution in [3.8, 4) is 0 Å². The van der Waals surface area contributed by atoms with Crippen LogP contribution in [0.5, 0.6) is 0 Å². The van der Waals surface area contributed by atoms with Crippen molar-refractivity contribution in [3.05, 3.63) is 70.2 Å². The Hall–Kier alpha value is -2.91. The van der Waals surface area contributed by atoms with Crippen LogP contribution in [0.2, 0.25) is 5.02 Å². The van der Waals surface area contributed by atoms with Gasteiger partial charge in [0.25, 0.3) is 5.91 Å². The lowest BCUT2D eigenvalue weighted by molar-refractivity contribution is -0.123. The number of anilines is 1. The first-order valence-corrected chi connectivity index (χ1v) is 11.0. The minimum absolute atomic E-state index is 0.0477. The molecule has 31 heavy (non-hydrogen) atoms. The van der Waals surface area contributed by atoms with Crippen LogP contribution in [0.15, 0.2) is 48.1 Å². The Labute approximate surface area is 187 Å². The summed E-state index contributed by atoms with van der Waals surface area (Å²) in [5.41, 5.74) is 0.911. The molecule has 2 aromatic heterocycles. The molecule has 1 fully saturated rings. The van der Waals surface area contributed by atoms with Crippen LogP contribution in [-0.2, 0) is 4.79 Å². The second-order valence-corrected chi connectivity index (χ2v) is 8.25. The number of rotatable bonds is 6. The molecule has 0 unspecified atom stereocenters. The van der Waals surface area contributed by atoms with Crippen molar-refractivity contribution >= 4 is 40.6 Å². The first-order chi connectivity index (χ1) is 15.0. The number of carbonyl (C=O) groups excluding carboxylic acids is 2. The molecule has 160 valence electrons. The normalized spacial score (nSPS) is 14.9. The van der Waals surface area contributed by atoms with Gasteiger partial charge in [0.15, 0.2) is 5.69 Å². The van der Waals surface area contributed by atoms with Crippen molar-refractivity contribution in [2.75, 3.05) is 4.90 Å². The van der Waals surface area contributed by atoms with Gasteiger partial charge in [-0.1, -0.05) is 28.9 Å². The van der Waals surface area contributed by atoms with E-state index >= 15 is 0 Å². The molecule has 1 atom stereocenters. The quantitative estimate of drug-likeness (QED) is 0.597. The van der Waals surface area contributed by atoms with E-state index in [-0.39, 0.29) is 28.4 Å². The second kappa shape index (κ2) is 9.49. The van der Waals surface area contributed by atoms with Gasteiger partial charge in [0.05, 0.1) is 5.02 Å². The van der Waals surface area contributed by atoms with E-state index in [0.29, 0.717) is 5.56 Å². The molecule has 0 bridgehead atoms. The third-order valence-electron chi connectivity index (χ3n) is 5.21. The average molecular weight is 460 g/mol. The van der Waals surface area contributed by atoms with Crippen LogP contribution in [0.3, 0.4) is 0 Å². The summed E-state index contributed by atoms with van der Waals surface area (Å²) in [6.45, 7) is 0. The van der Waals surface area contributed by atoms with Crippen LogP contribution < -0.4 is 10.2 Å². The van der Waals surface area contributed by atoms with E-state index in [1.54, 1.807) is 24.5 Å². The molecular formula is C21H19ClFN5O2S. The Morgan fingerprint density at radius 1 is 1.19 bits per heavy atom. The predicted octanol–water partition coefficient (Wildman–Crippen LogP) is 4.17. The molecule has 0 saturated heterocycles. The Morgan fingerprint density at radius 3 is 2.58 bits per heavy atom. The summed E-state index contributed by atoms with van der Waals surface area (Å²) in [7, 11) is 0. The minimum Gasteiger partial charge on any atom is -0.351 e. The highest BCUT2D eigenvalue weighted by molar-refractivity contribution is 7.03. The van der Waals surface area contributed by atoms with E-state index in [9.17, 15) is 14.0 Å². The number of pyridine rings is 1. The van der Waals surface area contributed by atoms with Crippen LogP contribution in [0.1, 0.15) is 47.8 Å². The molecule has 1 N–H and O–H groups in total. The van der Waals surface area contributed by atoms with Crippen molar-refractivity contribution < 1.29 is 14.0 Å². The number of aromatic nitrogens is 3. The van der Waals surface area contributed by atoms with E-state index in [1.165, 1.54) is 22.4 Å². The summed E-state index contributed by atoms with van der Waals surface area (Å²) in [6.07, 6.45) is 6.98. The van der Waals surface area contributed by atoms with Crippen molar-refractivity contribution in [2.45, 2.75) is 37.8 Å². The van der Waals surface area contributed by atoms with E-state index in [2.05, 4.69) is 19.9 Å². The van der Waals surface area contributed by atoms with Gasteiger partial charge in [-0.2, -0.15) is 0 Å². The third-order valence-corrected chi connectivity index (χ3v) is 6.00. The summed E-state index contributed by atoms with van der Waals surface area (Å²) in [4.78, 5) is 32.2. The molecule has 1 aliphatic carbocycles. The highest BCUT2D eigenvalue weighted by Gasteiger charge is 2.36. The molecule has 3 aromatic rings. The maximum atomic E-state index is 13.8. The SMILES string of the molecule is O=C(NC1CCCC1)[C@@H](c1ccncc1)N(C(=O)c1csnn1)c1ccc(F)c(Cl)c1. The summed E-state index contributed by atoms with van der Waals surface area (Å²) in [5.74, 6) is -1.50. The van der Waals surface area contributed by atoms with Gasteiger partial charge in [-0.25, -0.2) is 4.39 Å². The van der Waals surface area contributed by atoms with Gasteiger partial charge in [0.1, 0.15) is 11.9 Å². The molecule has 0 aliphatic heterocycles. The lowest BCUT2D eigenvalue weighted by atomic mass is 10.0. The van der Waals surface area contributed by atoms with Gasteiger partial charge in [-0.15, -0.1) is 5.10 Å². The fraction of sp³-hybridized carbons (Fsp3) is 0.286. The fourth-order valence-corrected chi connectivity index (χ4v) is 4.32. The lowest BCUT2D eigenvalue weighted by Gasteiger charge is -2.31. The molecule has 0 spiro atoms. The Kier molecular flexibility index (Phi) is 6.53. The van der Waals surface area contributed by atoms with Crippen molar-refractivity contribution in [2.24, 2.45) is 0 Å². The van der Waals surface area contributed by atoms with Gasteiger partial charge in [0, 0.05) is 29.5 Å². The lowest BCUT2D eigenvalue weighted by Crippen LogP contribution is -2.46. The number of amides is 2. The van der Waals surface area contributed by atoms with E-state index in [1.807, 2.05) is 0 Å². The van der Waals surface area contributed by atoms with E-state index < -0.39 is 17.8 Å². The number of benzene rings is 1. The highest BCUT2D eigenvalue weighted by atomic mass is 35.5. The summed E-state index contributed by atoms with van der Waals surface area (Å²) >= 11 is 7.03. The summed E-state index contributed by atoms with van der Waals surface area (Å²) in [6, 6.07) is 6.26. The number of halogens is 2. The van der Waals surface area contributed by atoms with Crippen molar-refractivity contribution in [1.82, 2.24) is 19.9 Å². The van der Waals surface area contributed by atoms with Gasteiger partial charge in [-0.05, 0) is 60.3 Å². The first-order valence-electron chi connectivity index (χ1n) is 9.80. The monoisotopic (exact) mass is 459 g/mol. The van der Waals surface area contributed by atoms with Gasteiger partial charge in [0.2, 0.25) is 5.91 Å². The van der Waals surface area contributed by atoms with Crippen LogP contribution in [0.4, 0.5) is 10.1 Å². The maximum absolute atomic E-state index is 13.8. The van der Waals surface area contributed by atoms with Crippen LogP contribution in [-0.4, -0.2) is 32.4 Å². The van der Waals surface area contributed by atoms with Crippen molar-refractivity contribution in [1.29, 1.82) is 0 Å². The molecule has 4 rings (SSSR count). The molecule has 0 radical (unpaired) electrons. The molecule has 1 saturated carbocycles. The number of carbonyl (C=O) groups is 2. The van der Waals surface area contributed by atoms with Crippen LogP contribution in [0.25, 0.3) is 0 Å². The van der Waals surface area contributed by atoms with Crippen molar-refractivity contribution in [3.63, 3.8) is 0 Å². The van der Waals surface area contributed by atoms with Gasteiger partial charge in [-0.3, -0.25) is 19.5 Å². The summed E-state index contributed by atoms with van der Waals surface area (Å²) < 4.78 is 17.6. The molecule has 2 heterocycles. The predicted molar refractivity (Wildman–Crippen MR) is 116 cm³/mol. The number of hydrogen-bond acceptors (Lipinski definition) is 6. The molecular weight excluding hydrogens is 441 g/mol. The first kappa shape index (κ1) is 21.3. The molecule has 10 heteroatoms. The smallest absolute Gasteiger partial charge is 0.280 e. The summed E-state index contributed by atoms with van der Waals surface area (Å²) in [5, 5.41) is 8.27. The van der Waals surface area contributed by atoms with Crippen LogP contribution >= 0.6 is 23.1 Å². The number of hydrogen-bond donors (Lipinski definition) is 1. The Morgan fingerprint density at radius 2 is 1.94 bits per heavy atom. The zero-order chi connectivity index (χ0) is 21.8. The van der Waals surface area contributed by atoms with Gasteiger partial charge >= 0.3 is 0 Å². The molecule has 7 nitrogen and oxygen atoms in total. The largest absolute Gasteiger partial charge is 0.351 e. The third kappa shape index (κ3) is 4.72. The van der Waals surface area contributed by atoms with E-state index in [4.69, 9.17) is 11.6 Å². The molecule has 1 aromatic carbocycles. The number of nitrogens with zero attached hydrogens (tertiary/aromatic N) is 4. The highest BCUT2D eigenvalue weighted by Crippen LogP contribution is 2.32. The Balaban J connectivity index is 1.81. The zero-order valence-corrected chi connectivity index (χ0v) is 17.9. The topological polar surface area (TPSA) is 88.1 Å². The number of nitrogens with one attached hydrogen (secondary N) is 1. The van der Waals surface area contributed by atoms with Crippen LogP contribution in [0, 0.1) is 5.82 Å². The fourth-order valence-electron chi connectivity index (χ4n) is 3.71. The van der Waals surface area contributed by atoms with E-state index in [0.717, 1.165) is 43.3 Å². The molecule has 1 aliphatic rings. The second-order valence-electron chi connectivity index (χ2n) is 7.24. The zero-order valence-electron chi connectivity index (χ0n) is 16.4. The average Bonchev–Trinajstić information content (AvgIpc) is 3.48.